The van der Waals surface area contributed by atoms with Gasteiger partial charge >= 0.3 is 0 Å². The molecule has 3 heteroatoms. The Morgan fingerprint density at radius 3 is 2.11 bits per heavy atom. The second kappa shape index (κ2) is 6.25. The SMILES string of the molecule is CCC(C)(C)C(CC(C)(C)C)C(=O)N1CCOCC1. The van der Waals surface area contributed by atoms with E-state index in [1.54, 1.807) is 0 Å². The van der Waals surface area contributed by atoms with Gasteiger partial charge in [0, 0.05) is 19.0 Å². The Labute approximate surface area is 118 Å². The molecule has 0 aromatic carbocycles. The predicted molar refractivity (Wildman–Crippen MR) is 79.0 cm³/mol. The molecule has 0 N–H and O–H groups in total. The fourth-order valence-electron chi connectivity index (χ4n) is 2.56. The van der Waals surface area contributed by atoms with Crippen LogP contribution in [0.4, 0.5) is 0 Å². The van der Waals surface area contributed by atoms with Gasteiger partial charge in [-0.3, -0.25) is 4.79 Å². The van der Waals surface area contributed by atoms with Crippen LogP contribution in [0.5, 0.6) is 0 Å². The zero-order chi connectivity index (χ0) is 14.7. The highest BCUT2D eigenvalue weighted by atomic mass is 16.5. The second-order valence-corrected chi connectivity index (χ2v) is 7.60. The summed E-state index contributed by atoms with van der Waals surface area (Å²) in [4.78, 5) is 14.8. The van der Waals surface area contributed by atoms with E-state index in [9.17, 15) is 4.79 Å². The molecule has 1 aliphatic rings. The number of hydrogen-bond donors (Lipinski definition) is 0. The molecule has 1 amide bonds. The van der Waals surface area contributed by atoms with Crippen molar-refractivity contribution in [3.63, 3.8) is 0 Å². The van der Waals surface area contributed by atoms with Gasteiger partial charge in [0.2, 0.25) is 5.91 Å². The molecule has 1 unspecified atom stereocenters. The van der Waals surface area contributed by atoms with E-state index in [-0.39, 0.29) is 16.7 Å². The van der Waals surface area contributed by atoms with E-state index >= 15 is 0 Å². The summed E-state index contributed by atoms with van der Waals surface area (Å²) in [5.74, 6) is 0.431. The van der Waals surface area contributed by atoms with Gasteiger partial charge in [0.1, 0.15) is 0 Å². The number of ether oxygens (including phenoxy) is 1. The highest BCUT2D eigenvalue weighted by Crippen LogP contribution is 2.39. The minimum absolute atomic E-state index is 0.0582. The van der Waals surface area contributed by atoms with Crippen LogP contribution in [0.25, 0.3) is 0 Å². The average molecular weight is 269 g/mol. The van der Waals surface area contributed by atoms with Crippen LogP contribution in [-0.2, 0) is 9.53 Å². The Kier molecular flexibility index (Phi) is 5.43. The lowest BCUT2D eigenvalue weighted by Crippen LogP contribution is -2.48. The zero-order valence-corrected chi connectivity index (χ0v) is 13.6. The average Bonchev–Trinajstić information content (AvgIpc) is 2.35. The normalized spacial score (nSPS) is 19.4. The van der Waals surface area contributed by atoms with E-state index < -0.39 is 0 Å². The third-order valence-electron chi connectivity index (χ3n) is 4.29. The molecule has 0 spiro atoms. The van der Waals surface area contributed by atoms with Crippen molar-refractivity contribution in [2.24, 2.45) is 16.7 Å². The summed E-state index contributed by atoms with van der Waals surface area (Å²) in [5, 5.41) is 0. The van der Waals surface area contributed by atoms with Crippen LogP contribution in [0.1, 0.15) is 54.4 Å². The van der Waals surface area contributed by atoms with E-state index in [0.717, 1.165) is 25.9 Å². The van der Waals surface area contributed by atoms with Crippen molar-refractivity contribution in [1.82, 2.24) is 4.90 Å². The van der Waals surface area contributed by atoms with Gasteiger partial charge in [0.15, 0.2) is 0 Å². The molecular weight excluding hydrogens is 238 g/mol. The molecule has 0 saturated carbocycles. The van der Waals surface area contributed by atoms with E-state index in [4.69, 9.17) is 4.74 Å². The topological polar surface area (TPSA) is 29.5 Å². The standard InChI is InChI=1S/C16H31NO2/c1-7-16(5,6)13(12-15(2,3)4)14(18)17-8-10-19-11-9-17/h13H,7-12H2,1-6H3. The number of hydrogen-bond acceptors (Lipinski definition) is 2. The molecule has 19 heavy (non-hydrogen) atoms. The lowest BCUT2D eigenvalue weighted by atomic mass is 9.69. The largest absolute Gasteiger partial charge is 0.378 e. The maximum atomic E-state index is 12.9. The van der Waals surface area contributed by atoms with Crippen LogP contribution in [0.2, 0.25) is 0 Å². The van der Waals surface area contributed by atoms with Gasteiger partial charge in [-0.15, -0.1) is 0 Å². The van der Waals surface area contributed by atoms with Crippen molar-refractivity contribution < 1.29 is 9.53 Å². The van der Waals surface area contributed by atoms with Crippen LogP contribution < -0.4 is 0 Å². The van der Waals surface area contributed by atoms with E-state index in [2.05, 4.69) is 41.5 Å². The van der Waals surface area contributed by atoms with Gasteiger partial charge in [0.05, 0.1) is 13.2 Å². The fourth-order valence-corrected chi connectivity index (χ4v) is 2.56. The molecule has 0 aromatic heterocycles. The smallest absolute Gasteiger partial charge is 0.226 e. The summed E-state index contributed by atoms with van der Waals surface area (Å²) in [5.41, 5.74) is 0.238. The quantitative estimate of drug-likeness (QED) is 0.783. The maximum absolute atomic E-state index is 12.9. The molecule has 0 aromatic rings. The minimum atomic E-state index is 0.0582. The Morgan fingerprint density at radius 2 is 1.68 bits per heavy atom. The van der Waals surface area contributed by atoms with Crippen LogP contribution in [0, 0.1) is 16.7 Å². The Morgan fingerprint density at radius 1 is 1.16 bits per heavy atom. The lowest BCUT2D eigenvalue weighted by molar-refractivity contribution is -0.145. The van der Waals surface area contributed by atoms with Gasteiger partial charge < -0.3 is 9.64 Å². The monoisotopic (exact) mass is 269 g/mol. The number of rotatable bonds is 4. The summed E-state index contributed by atoms with van der Waals surface area (Å²) in [7, 11) is 0. The summed E-state index contributed by atoms with van der Waals surface area (Å²) in [6.07, 6.45) is 1.98. The van der Waals surface area contributed by atoms with Crippen molar-refractivity contribution in [2.75, 3.05) is 26.3 Å². The molecule has 0 aliphatic carbocycles. The van der Waals surface area contributed by atoms with E-state index in [0.29, 0.717) is 19.1 Å². The molecular formula is C16H31NO2. The van der Waals surface area contributed by atoms with Crippen molar-refractivity contribution in [1.29, 1.82) is 0 Å². The molecule has 1 heterocycles. The Bertz CT molecular complexity index is 298. The van der Waals surface area contributed by atoms with Gasteiger partial charge in [-0.05, 0) is 17.3 Å². The first kappa shape index (κ1) is 16.5. The molecule has 1 fully saturated rings. The first-order chi connectivity index (χ1) is 8.67. The summed E-state index contributed by atoms with van der Waals surface area (Å²) < 4.78 is 5.35. The van der Waals surface area contributed by atoms with Gasteiger partial charge in [-0.1, -0.05) is 48.0 Å². The van der Waals surface area contributed by atoms with Crippen molar-refractivity contribution in [3.8, 4) is 0 Å². The third-order valence-corrected chi connectivity index (χ3v) is 4.29. The van der Waals surface area contributed by atoms with Crippen molar-refractivity contribution in [3.05, 3.63) is 0 Å². The van der Waals surface area contributed by atoms with Gasteiger partial charge in [-0.25, -0.2) is 0 Å². The van der Waals surface area contributed by atoms with E-state index in [1.807, 2.05) is 4.90 Å². The summed E-state index contributed by atoms with van der Waals surface area (Å²) >= 11 is 0. The molecule has 1 rings (SSSR count). The van der Waals surface area contributed by atoms with Gasteiger partial charge in [-0.2, -0.15) is 0 Å². The Balaban J connectivity index is 2.85. The number of morpholine rings is 1. The molecule has 1 aliphatic heterocycles. The summed E-state index contributed by atoms with van der Waals surface area (Å²) in [6, 6.07) is 0. The van der Waals surface area contributed by atoms with Crippen LogP contribution >= 0.6 is 0 Å². The minimum Gasteiger partial charge on any atom is -0.378 e. The van der Waals surface area contributed by atoms with Gasteiger partial charge in [0.25, 0.3) is 0 Å². The van der Waals surface area contributed by atoms with E-state index in [1.165, 1.54) is 0 Å². The highest BCUT2D eigenvalue weighted by molar-refractivity contribution is 5.79. The van der Waals surface area contributed by atoms with Crippen molar-refractivity contribution in [2.45, 2.75) is 54.4 Å². The number of carbonyl (C=O) groups excluding carboxylic acids is 1. The summed E-state index contributed by atoms with van der Waals surface area (Å²) in [6.45, 7) is 16.2. The predicted octanol–water partition coefficient (Wildman–Crippen LogP) is 3.33. The molecule has 0 bridgehead atoms. The van der Waals surface area contributed by atoms with Crippen LogP contribution in [0.3, 0.4) is 0 Å². The fraction of sp³-hybridized carbons (Fsp3) is 0.938. The van der Waals surface area contributed by atoms with Crippen molar-refractivity contribution >= 4 is 5.91 Å². The third kappa shape index (κ3) is 4.79. The molecule has 112 valence electrons. The van der Waals surface area contributed by atoms with Crippen LogP contribution in [0.15, 0.2) is 0 Å². The maximum Gasteiger partial charge on any atom is 0.226 e. The highest BCUT2D eigenvalue weighted by Gasteiger charge is 2.38. The lowest BCUT2D eigenvalue weighted by Gasteiger charge is -2.40. The Hall–Kier alpha value is -0.570. The molecule has 1 saturated heterocycles. The molecule has 3 nitrogen and oxygen atoms in total. The molecule has 0 radical (unpaired) electrons. The molecule has 1 atom stereocenters. The van der Waals surface area contributed by atoms with Crippen LogP contribution in [-0.4, -0.2) is 37.1 Å². The number of amides is 1. The second-order valence-electron chi connectivity index (χ2n) is 7.60. The first-order valence-corrected chi connectivity index (χ1v) is 7.54. The first-order valence-electron chi connectivity index (χ1n) is 7.54. The zero-order valence-electron chi connectivity index (χ0n) is 13.6. The number of nitrogens with zero attached hydrogens (tertiary/aromatic N) is 1. The number of carbonyl (C=O) groups is 1.